The van der Waals surface area contributed by atoms with Crippen molar-refractivity contribution in [1.82, 2.24) is 9.80 Å². The van der Waals surface area contributed by atoms with Gasteiger partial charge in [-0.2, -0.15) is 0 Å². The van der Waals surface area contributed by atoms with E-state index in [1.807, 2.05) is 0 Å². The number of carboxylic acids is 2. The van der Waals surface area contributed by atoms with Crippen LogP contribution >= 0.6 is 0 Å². The van der Waals surface area contributed by atoms with Crippen LogP contribution in [0.4, 0.5) is 0 Å². The first kappa shape index (κ1) is 16.2. The monoisotopic (exact) mass is 262 g/mol. The molecule has 8 heteroatoms. The molecule has 1 rings (SSSR count). The van der Waals surface area contributed by atoms with Crippen LogP contribution in [-0.4, -0.2) is 74.6 Å². The van der Waals surface area contributed by atoms with Crippen LogP contribution in [0.2, 0.25) is 0 Å². The van der Waals surface area contributed by atoms with Crippen molar-refractivity contribution in [2.45, 2.75) is 19.1 Å². The Bertz CT molecular complexity index is 301. The third kappa shape index (κ3) is 5.51. The van der Waals surface area contributed by atoms with E-state index >= 15 is 0 Å². The molecule has 0 aliphatic carbocycles. The zero-order valence-electron chi connectivity index (χ0n) is 10.2. The van der Waals surface area contributed by atoms with E-state index in [2.05, 4.69) is 36.2 Å². The highest BCUT2D eigenvalue weighted by molar-refractivity contribution is 5.83. The van der Waals surface area contributed by atoms with Gasteiger partial charge in [0.05, 0.1) is 6.67 Å². The van der Waals surface area contributed by atoms with E-state index in [4.69, 9.17) is 20.4 Å². The lowest BCUT2D eigenvalue weighted by Crippen LogP contribution is -2.39. The minimum atomic E-state index is -2.27. The lowest BCUT2D eigenvalue weighted by molar-refractivity contribution is -0.165. The highest BCUT2D eigenvalue weighted by Gasteiger charge is 2.29. The molecule has 18 heavy (non-hydrogen) atoms. The third-order valence-electron chi connectivity index (χ3n) is 2.15. The molecule has 2 atom stereocenters. The van der Waals surface area contributed by atoms with Crippen molar-refractivity contribution in [3.8, 4) is 0 Å². The van der Waals surface area contributed by atoms with E-state index in [-0.39, 0.29) is 0 Å². The van der Waals surface area contributed by atoms with Gasteiger partial charge in [0, 0.05) is 26.0 Å². The maximum absolute atomic E-state index is 9.77. The van der Waals surface area contributed by atoms with E-state index in [0.29, 0.717) is 0 Å². The van der Waals surface area contributed by atoms with Gasteiger partial charge >= 0.3 is 11.9 Å². The topological polar surface area (TPSA) is 122 Å². The Morgan fingerprint density at radius 3 is 1.78 bits per heavy atom. The first-order valence-corrected chi connectivity index (χ1v) is 5.24. The number of carbonyl (C=O) groups is 2. The number of aliphatic carboxylic acids is 2. The maximum Gasteiger partial charge on any atom is 0.335 e. The molecule has 0 bridgehead atoms. The molecule has 0 saturated carbocycles. The summed E-state index contributed by atoms with van der Waals surface area (Å²) >= 11 is 0. The first-order valence-electron chi connectivity index (χ1n) is 5.24. The van der Waals surface area contributed by atoms with E-state index < -0.39 is 24.1 Å². The summed E-state index contributed by atoms with van der Waals surface area (Å²) in [5, 5.41) is 32.5. The van der Waals surface area contributed by atoms with Gasteiger partial charge in [0.1, 0.15) is 0 Å². The van der Waals surface area contributed by atoms with Crippen molar-refractivity contribution in [3.63, 3.8) is 0 Å². The zero-order chi connectivity index (χ0) is 14.3. The minimum absolute atomic E-state index is 1.05. The molecular weight excluding hydrogens is 244 g/mol. The summed E-state index contributed by atoms with van der Waals surface area (Å²) in [7, 11) is 2.08. The van der Waals surface area contributed by atoms with Gasteiger partial charge in [0.25, 0.3) is 0 Å². The van der Waals surface area contributed by atoms with Gasteiger partial charge in [-0.15, -0.1) is 0 Å². The number of nitrogens with zero attached hydrogens (tertiary/aromatic N) is 2. The summed E-state index contributed by atoms with van der Waals surface area (Å²) in [6.07, 6.45) is -0.334. The van der Waals surface area contributed by atoms with E-state index in [9.17, 15) is 9.59 Å². The normalized spacial score (nSPS) is 16.9. The number of aliphatic hydroxyl groups is 2. The van der Waals surface area contributed by atoms with Crippen molar-refractivity contribution >= 4 is 11.9 Å². The second-order valence-corrected chi connectivity index (χ2v) is 3.67. The van der Waals surface area contributed by atoms with Gasteiger partial charge in [0.2, 0.25) is 0 Å². The molecule has 1 aliphatic rings. The van der Waals surface area contributed by atoms with Crippen molar-refractivity contribution in [2.75, 3.05) is 20.3 Å². The maximum atomic E-state index is 9.77. The molecule has 4 N–H and O–H groups in total. The van der Waals surface area contributed by atoms with Crippen molar-refractivity contribution in [3.05, 3.63) is 12.4 Å². The van der Waals surface area contributed by atoms with Crippen molar-refractivity contribution in [1.29, 1.82) is 0 Å². The molecule has 0 saturated heterocycles. The Morgan fingerprint density at radius 1 is 1.17 bits per heavy atom. The quantitative estimate of drug-likeness (QED) is 0.486. The molecule has 0 radical (unpaired) electrons. The fraction of sp³-hybridized carbons (Fsp3) is 0.600. The van der Waals surface area contributed by atoms with E-state index in [1.54, 1.807) is 0 Å². The van der Waals surface area contributed by atoms with E-state index in [1.165, 1.54) is 0 Å². The Balaban J connectivity index is 0.000000327. The van der Waals surface area contributed by atoms with Gasteiger partial charge in [-0.3, -0.25) is 0 Å². The average molecular weight is 262 g/mol. The summed E-state index contributed by atoms with van der Waals surface area (Å²) in [5.41, 5.74) is 0. The Hall–Kier alpha value is -1.80. The predicted octanol–water partition coefficient (Wildman–Crippen LogP) is -1.44. The molecule has 2 unspecified atom stereocenters. The van der Waals surface area contributed by atoms with Gasteiger partial charge < -0.3 is 30.2 Å². The summed E-state index contributed by atoms with van der Waals surface area (Å²) in [5.74, 6) is -3.54. The van der Waals surface area contributed by atoms with Crippen LogP contribution in [0.5, 0.6) is 0 Å². The standard InChI is InChI=1S/C6H12N2.C4H6O6/c1-3-8-5-4-7(2)6-8;5-1(3(7)8)2(6)4(9)10/h4-5H,3,6H2,1-2H3;1-2,5-6H,(H,7,8)(H,9,10). The number of hydrogen-bond donors (Lipinski definition) is 4. The number of rotatable bonds is 4. The molecule has 1 aliphatic heterocycles. The molecule has 0 spiro atoms. The van der Waals surface area contributed by atoms with Crippen LogP contribution in [0, 0.1) is 0 Å². The van der Waals surface area contributed by atoms with Crippen LogP contribution in [0.1, 0.15) is 6.92 Å². The minimum Gasteiger partial charge on any atom is -0.479 e. The lowest BCUT2D eigenvalue weighted by atomic mass is 10.2. The van der Waals surface area contributed by atoms with Crippen molar-refractivity contribution in [2.24, 2.45) is 0 Å². The summed E-state index contributed by atoms with van der Waals surface area (Å²) < 4.78 is 0. The van der Waals surface area contributed by atoms with Gasteiger partial charge in [0.15, 0.2) is 12.2 Å². The highest BCUT2D eigenvalue weighted by Crippen LogP contribution is 2.00. The molecule has 8 nitrogen and oxygen atoms in total. The third-order valence-corrected chi connectivity index (χ3v) is 2.15. The molecular formula is C10H18N2O6. The van der Waals surface area contributed by atoms with Crippen LogP contribution in [0.3, 0.4) is 0 Å². The summed E-state index contributed by atoms with van der Waals surface area (Å²) in [6, 6.07) is 0. The molecule has 0 amide bonds. The Morgan fingerprint density at radius 2 is 1.61 bits per heavy atom. The fourth-order valence-electron chi connectivity index (χ4n) is 1.06. The Labute approximate surface area is 104 Å². The van der Waals surface area contributed by atoms with Gasteiger partial charge in [-0.1, -0.05) is 0 Å². The molecule has 1 heterocycles. The lowest BCUT2D eigenvalue weighted by Gasteiger charge is -2.14. The predicted molar refractivity (Wildman–Crippen MR) is 61.4 cm³/mol. The molecule has 0 aromatic carbocycles. The molecule has 0 aromatic heterocycles. The first-order chi connectivity index (χ1) is 8.29. The van der Waals surface area contributed by atoms with Crippen molar-refractivity contribution < 1.29 is 30.0 Å². The zero-order valence-corrected chi connectivity index (χ0v) is 10.2. The Kier molecular flexibility index (Phi) is 6.76. The molecule has 0 fully saturated rings. The summed E-state index contributed by atoms with van der Waals surface area (Å²) in [6.45, 7) is 4.32. The van der Waals surface area contributed by atoms with E-state index in [0.717, 1.165) is 13.2 Å². The molecule has 0 aromatic rings. The number of aliphatic hydroxyl groups excluding tert-OH is 2. The fourth-order valence-corrected chi connectivity index (χ4v) is 1.06. The SMILES string of the molecule is CCN1C=CN(C)C1.O=C(O)C(O)C(O)C(=O)O. The largest absolute Gasteiger partial charge is 0.479 e. The van der Waals surface area contributed by atoms with Gasteiger partial charge in [-0.25, -0.2) is 9.59 Å². The number of hydrogen-bond acceptors (Lipinski definition) is 6. The summed E-state index contributed by atoms with van der Waals surface area (Å²) in [4.78, 5) is 23.9. The van der Waals surface area contributed by atoms with Crippen LogP contribution < -0.4 is 0 Å². The van der Waals surface area contributed by atoms with Crippen LogP contribution in [0.15, 0.2) is 12.4 Å². The highest BCUT2D eigenvalue weighted by atomic mass is 16.4. The van der Waals surface area contributed by atoms with Crippen LogP contribution in [-0.2, 0) is 9.59 Å². The average Bonchev–Trinajstić information content (AvgIpc) is 2.73. The second-order valence-electron chi connectivity index (χ2n) is 3.67. The number of carboxylic acid groups (broad SMARTS) is 2. The second kappa shape index (κ2) is 7.51. The van der Waals surface area contributed by atoms with Gasteiger partial charge in [-0.05, 0) is 6.92 Å². The molecule has 104 valence electrons. The van der Waals surface area contributed by atoms with Crippen LogP contribution in [0.25, 0.3) is 0 Å². The smallest absolute Gasteiger partial charge is 0.335 e.